The molecule has 4 unspecified atom stereocenters. The van der Waals surface area contributed by atoms with Crippen molar-refractivity contribution in [3.05, 3.63) is 4.91 Å². The van der Waals surface area contributed by atoms with E-state index in [0.29, 0.717) is 52.6 Å². The summed E-state index contributed by atoms with van der Waals surface area (Å²) in [4.78, 5) is 24.8. The summed E-state index contributed by atoms with van der Waals surface area (Å²) >= 11 is 0. The Morgan fingerprint density at radius 3 is 0.969 bits per heavy atom. The molecule has 0 amide bonds. The molecular formula is C85H171N7O5. The van der Waals surface area contributed by atoms with Gasteiger partial charge >= 0.3 is 0 Å². The van der Waals surface area contributed by atoms with E-state index in [-0.39, 0.29) is 24.2 Å². The van der Waals surface area contributed by atoms with Crippen LogP contribution >= 0.6 is 0 Å². The van der Waals surface area contributed by atoms with Crippen molar-refractivity contribution in [2.45, 2.75) is 412 Å². The van der Waals surface area contributed by atoms with Crippen molar-refractivity contribution < 1.29 is 19.7 Å². The van der Waals surface area contributed by atoms with Gasteiger partial charge in [-0.1, -0.05) is 367 Å². The first kappa shape index (κ1) is 93.7. The lowest BCUT2D eigenvalue weighted by Crippen LogP contribution is -2.49. The molecule has 0 spiro atoms. The van der Waals surface area contributed by atoms with Crippen LogP contribution < -0.4 is 0 Å². The van der Waals surface area contributed by atoms with E-state index < -0.39 is 0 Å². The number of rotatable bonds is 81. The van der Waals surface area contributed by atoms with Gasteiger partial charge in [-0.15, -0.1) is 0 Å². The smallest absolute Gasteiger partial charge is 0.105 e. The Morgan fingerprint density at radius 1 is 0.330 bits per heavy atom. The molecule has 576 valence electrons. The number of unbranched alkanes of at least 4 members (excludes halogenated alkanes) is 47. The Labute approximate surface area is 605 Å². The van der Waals surface area contributed by atoms with Gasteiger partial charge in [-0.3, -0.25) is 24.5 Å². The Hall–Kier alpha value is -1.27. The zero-order valence-corrected chi connectivity index (χ0v) is 66.1. The largest absolute Gasteiger partial charge is 0.392 e. The van der Waals surface area contributed by atoms with E-state index in [9.17, 15) is 20.4 Å². The molecule has 12 nitrogen and oxygen atoms in total. The Kier molecular flexibility index (Phi) is 73.3. The van der Waals surface area contributed by atoms with Crippen molar-refractivity contribution in [3.63, 3.8) is 0 Å². The summed E-state index contributed by atoms with van der Waals surface area (Å²) in [5.74, 6) is -0.0310. The average Bonchev–Trinajstić information content (AvgIpc) is 2.20. The van der Waals surface area contributed by atoms with Crippen molar-refractivity contribution in [3.8, 4) is 6.07 Å². The maximum atomic E-state index is 12.3. The first-order chi connectivity index (χ1) is 47.8. The van der Waals surface area contributed by atoms with E-state index in [1.165, 1.54) is 308 Å². The second-order valence-corrected chi connectivity index (χ2v) is 30.9. The van der Waals surface area contributed by atoms with Crippen molar-refractivity contribution in [1.29, 1.82) is 5.26 Å². The molecule has 97 heavy (non-hydrogen) atoms. The van der Waals surface area contributed by atoms with Gasteiger partial charge in [0.1, 0.15) is 6.04 Å². The fourth-order valence-corrected chi connectivity index (χ4v) is 14.8. The molecule has 0 aliphatic carbocycles. The normalized spacial score (nSPS) is 14.6. The van der Waals surface area contributed by atoms with Gasteiger partial charge in [-0.05, 0) is 38.6 Å². The van der Waals surface area contributed by atoms with Crippen LogP contribution in [0.1, 0.15) is 394 Å². The van der Waals surface area contributed by atoms with E-state index in [0.717, 1.165) is 123 Å². The molecule has 1 aliphatic rings. The molecule has 0 saturated carbocycles. The highest BCUT2D eigenvalue weighted by Crippen LogP contribution is 2.21. The molecular weight excluding hydrogens is 1200 g/mol. The Morgan fingerprint density at radius 2 is 0.619 bits per heavy atom. The monoisotopic (exact) mass is 1370 g/mol. The van der Waals surface area contributed by atoms with Crippen LogP contribution in [0.15, 0.2) is 5.18 Å². The quantitative estimate of drug-likeness (QED) is 0.0446. The molecule has 1 fully saturated rings. The first-order valence-corrected chi connectivity index (χ1v) is 43.7. The van der Waals surface area contributed by atoms with Crippen LogP contribution in [0.4, 0.5) is 0 Å². The van der Waals surface area contributed by atoms with Crippen molar-refractivity contribution in [1.82, 2.24) is 24.5 Å². The molecule has 1 aliphatic heterocycles. The molecule has 2 N–H and O–H groups in total. The second-order valence-electron chi connectivity index (χ2n) is 30.9. The third-order valence-corrected chi connectivity index (χ3v) is 21.5. The SMILES string of the molecule is CCCCCCCCCCCCCCN(CCOCCN(CC(O)CCCCCCCCCCCC)CC(O)CCCCCCCCCCCC)CCN1CCN(CCOCCN(CC(C#N)CCCCCCCCCCCC)CC(CCCCCCCCCCCC)N=O)CC1. The summed E-state index contributed by atoms with van der Waals surface area (Å²) in [7, 11) is 0. The van der Waals surface area contributed by atoms with Gasteiger partial charge in [0, 0.05) is 91.6 Å². The minimum Gasteiger partial charge on any atom is -0.392 e. The van der Waals surface area contributed by atoms with E-state index in [2.05, 4.69) is 70.4 Å². The molecule has 0 bridgehead atoms. The third-order valence-electron chi connectivity index (χ3n) is 21.5. The lowest BCUT2D eigenvalue weighted by Gasteiger charge is -2.36. The summed E-state index contributed by atoms with van der Waals surface area (Å²) in [6.45, 7) is 27.6. The van der Waals surface area contributed by atoms with Crippen molar-refractivity contribution >= 4 is 0 Å². The fourth-order valence-electron chi connectivity index (χ4n) is 14.8. The van der Waals surface area contributed by atoms with Gasteiger partial charge in [-0.25, -0.2) is 0 Å². The number of nitroso groups, excluding NO2 is 1. The van der Waals surface area contributed by atoms with Gasteiger partial charge < -0.3 is 19.7 Å². The van der Waals surface area contributed by atoms with E-state index >= 15 is 0 Å². The minimum absolute atomic E-state index is 0.0310. The van der Waals surface area contributed by atoms with Crippen LogP contribution in [0.2, 0.25) is 0 Å². The molecule has 1 saturated heterocycles. The topological polar surface area (TPSA) is 128 Å². The molecule has 12 heteroatoms. The van der Waals surface area contributed by atoms with Crippen LogP contribution in [-0.4, -0.2) is 178 Å². The highest BCUT2D eigenvalue weighted by Gasteiger charge is 2.22. The van der Waals surface area contributed by atoms with Gasteiger partial charge in [0.25, 0.3) is 0 Å². The predicted octanol–water partition coefficient (Wildman–Crippen LogP) is 22.5. The summed E-state index contributed by atoms with van der Waals surface area (Å²) in [6, 6.07) is 2.42. The van der Waals surface area contributed by atoms with Crippen molar-refractivity contribution in [2.75, 3.05) is 125 Å². The van der Waals surface area contributed by atoms with Crippen molar-refractivity contribution in [2.24, 2.45) is 11.1 Å². The van der Waals surface area contributed by atoms with Crippen LogP contribution in [0.5, 0.6) is 0 Å². The number of nitrogens with zero attached hydrogens (tertiary/aromatic N) is 7. The molecule has 1 rings (SSSR count). The molecule has 1 heterocycles. The number of aliphatic hydroxyl groups excluding tert-OH is 2. The average molecular weight is 1370 g/mol. The lowest BCUT2D eigenvalue weighted by molar-refractivity contribution is 0.0326. The second kappa shape index (κ2) is 75.9. The summed E-state index contributed by atoms with van der Waals surface area (Å²) < 4.78 is 12.9. The summed E-state index contributed by atoms with van der Waals surface area (Å²) in [5.41, 5.74) is 0. The number of nitriles is 1. The Bertz CT molecular complexity index is 1550. The van der Waals surface area contributed by atoms with Crippen LogP contribution in [0.3, 0.4) is 0 Å². The zero-order valence-electron chi connectivity index (χ0n) is 66.1. The number of hydrogen-bond donors (Lipinski definition) is 2. The number of ether oxygens (including phenoxy) is 2. The number of aliphatic hydroxyl groups is 2. The molecule has 0 aromatic heterocycles. The van der Waals surface area contributed by atoms with Gasteiger partial charge in [0.05, 0.1) is 50.6 Å². The number of hydrogen-bond acceptors (Lipinski definition) is 12. The van der Waals surface area contributed by atoms with Gasteiger partial charge in [0.2, 0.25) is 0 Å². The fraction of sp³-hybridized carbons (Fsp3) is 0.988. The van der Waals surface area contributed by atoms with Gasteiger partial charge in [-0.2, -0.15) is 10.2 Å². The highest BCUT2D eigenvalue weighted by atomic mass is 16.5. The summed E-state index contributed by atoms with van der Waals surface area (Å²) in [6.07, 6.45) is 71.0. The molecule has 0 radical (unpaired) electrons. The number of piperazine rings is 1. The third kappa shape index (κ3) is 65.3. The van der Waals surface area contributed by atoms with E-state index in [1.807, 2.05) is 0 Å². The predicted molar refractivity (Wildman–Crippen MR) is 421 cm³/mol. The maximum absolute atomic E-state index is 12.3. The minimum atomic E-state index is -0.365. The molecule has 0 aromatic carbocycles. The highest BCUT2D eigenvalue weighted by molar-refractivity contribution is 4.87. The molecule has 4 atom stereocenters. The summed E-state index contributed by atoms with van der Waals surface area (Å²) in [5, 5.41) is 36.6. The van der Waals surface area contributed by atoms with Crippen LogP contribution in [0.25, 0.3) is 0 Å². The first-order valence-electron chi connectivity index (χ1n) is 43.7. The van der Waals surface area contributed by atoms with E-state index in [1.54, 1.807) is 0 Å². The van der Waals surface area contributed by atoms with Crippen LogP contribution in [0, 0.1) is 22.2 Å². The van der Waals surface area contributed by atoms with Gasteiger partial charge in [0.15, 0.2) is 0 Å². The maximum Gasteiger partial charge on any atom is 0.105 e. The lowest BCUT2D eigenvalue weighted by atomic mass is 9.99. The van der Waals surface area contributed by atoms with E-state index in [4.69, 9.17) is 9.47 Å². The molecule has 0 aromatic rings. The standard InChI is InChI=1S/C85H171N7O5/c1-6-11-16-21-26-31-36-37-42-47-52-57-62-88(69-73-96-76-72-92(80-84(93)60-55-50-45-40-34-29-24-19-14-9-4)81-85(94)61-56-51-46-41-35-30-25-20-15-10-5)63-64-89-65-67-90(68-66-89)70-74-97-75-71-91(78-82(77-86)58-53-48-43-38-32-27-22-17-12-7-2)79-83(87-95)59-54-49-44-39-33-28-23-18-13-8-3/h82-85,93-94H,6-76,78-81H2,1-5H3. The van der Waals surface area contributed by atoms with Crippen LogP contribution in [-0.2, 0) is 9.47 Å². The Balaban J connectivity index is 2.80. The zero-order chi connectivity index (χ0) is 70.1.